The van der Waals surface area contributed by atoms with E-state index in [1.54, 1.807) is 37.3 Å². The van der Waals surface area contributed by atoms with Crippen molar-refractivity contribution in [2.24, 2.45) is 0 Å². The summed E-state index contributed by atoms with van der Waals surface area (Å²) in [6, 6.07) is 15.9. The molecule has 2 aromatic carbocycles. The molecule has 2 N–H and O–H groups in total. The minimum absolute atomic E-state index is 0.255. The van der Waals surface area contributed by atoms with Crippen LogP contribution >= 0.6 is 11.8 Å². The average Bonchev–Trinajstić information content (AvgIpc) is 3.21. The number of carbonyl (C=O) groups excluding carboxylic acids is 2. The van der Waals surface area contributed by atoms with Gasteiger partial charge in [0.2, 0.25) is 5.89 Å². The maximum absolute atomic E-state index is 12.2. The highest BCUT2D eigenvalue weighted by molar-refractivity contribution is 8.00. The number of hydrogen-bond donors (Lipinski definition) is 2. The van der Waals surface area contributed by atoms with E-state index in [2.05, 4.69) is 21.0 Å². The molecule has 3 rings (SSSR count). The van der Waals surface area contributed by atoms with Crippen molar-refractivity contribution < 1.29 is 18.7 Å². The molecule has 0 saturated carbocycles. The van der Waals surface area contributed by atoms with Crippen molar-refractivity contribution in [1.82, 2.24) is 21.0 Å². The summed E-state index contributed by atoms with van der Waals surface area (Å²) in [5.74, 6) is 0.320. The van der Waals surface area contributed by atoms with Gasteiger partial charge in [0, 0.05) is 11.1 Å². The smallest absolute Gasteiger partial charge is 0.277 e. The number of aromatic nitrogens is 2. The summed E-state index contributed by atoms with van der Waals surface area (Å²) in [4.78, 5) is 24.2. The molecule has 9 heteroatoms. The number of hydrazine groups is 1. The van der Waals surface area contributed by atoms with E-state index in [4.69, 9.17) is 9.15 Å². The highest BCUT2D eigenvalue weighted by Crippen LogP contribution is 2.27. The largest absolute Gasteiger partial charge is 0.494 e. The number of thioether (sulfide) groups is 1. The Morgan fingerprint density at radius 1 is 1.07 bits per heavy atom. The maximum atomic E-state index is 12.2. The molecule has 0 aliphatic rings. The zero-order chi connectivity index (χ0) is 20.6. The van der Waals surface area contributed by atoms with Crippen molar-refractivity contribution >= 4 is 23.6 Å². The van der Waals surface area contributed by atoms with Gasteiger partial charge < -0.3 is 9.15 Å². The Bertz CT molecular complexity index is 960. The summed E-state index contributed by atoms with van der Waals surface area (Å²) in [5, 5.41) is 7.67. The van der Waals surface area contributed by atoms with Gasteiger partial charge in [0.15, 0.2) is 0 Å². The first-order chi connectivity index (χ1) is 14.1. The Balaban J connectivity index is 1.53. The van der Waals surface area contributed by atoms with E-state index in [1.807, 2.05) is 31.2 Å². The quantitative estimate of drug-likeness (QED) is 0.454. The van der Waals surface area contributed by atoms with Gasteiger partial charge in [-0.05, 0) is 50.2 Å². The normalized spacial score (nSPS) is 11.5. The fourth-order valence-corrected chi connectivity index (χ4v) is 3.00. The van der Waals surface area contributed by atoms with E-state index in [9.17, 15) is 9.59 Å². The number of hydrogen-bond acceptors (Lipinski definition) is 7. The minimum atomic E-state index is -0.556. The van der Waals surface area contributed by atoms with Crippen molar-refractivity contribution in [3.05, 3.63) is 60.2 Å². The lowest BCUT2D eigenvalue weighted by atomic mass is 10.2. The minimum Gasteiger partial charge on any atom is -0.494 e. The summed E-state index contributed by atoms with van der Waals surface area (Å²) in [6.45, 7) is 4.18. The topological polar surface area (TPSA) is 106 Å². The molecule has 0 aliphatic heterocycles. The van der Waals surface area contributed by atoms with Crippen LogP contribution in [-0.2, 0) is 4.79 Å². The summed E-state index contributed by atoms with van der Waals surface area (Å²) < 4.78 is 11.0. The second kappa shape index (κ2) is 9.74. The fourth-order valence-electron chi connectivity index (χ4n) is 2.32. The van der Waals surface area contributed by atoms with Gasteiger partial charge in [-0.1, -0.05) is 30.0 Å². The molecule has 1 aromatic heterocycles. The van der Waals surface area contributed by atoms with Crippen LogP contribution in [0.4, 0.5) is 0 Å². The number of rotatable bonds is 7. The Labute approximate surface area is 172 Å². The van der Waals surface area contributed by atoms with Crippen LogP contribution < -0.4 is 15.6 Å². The molecule has 0 fully saturated rings. The second-order valence-corrected chi connectivity index (χ2v) is 7.19. The number of benzene rings is 2. The molecule has 0 radical (unpaired) electrons. The van der Waals surface area contributed by atoms with E-state index in [0.29, 0.717) is 18.1 Å². The van der Waals surface area contributed by atoms with Gasteiger partial charge >= 0.3 is 0 Å². The van der Waals surface area contributed by atoms with Crippen molar-refractivity contribution in [2.45, 2.75) is 24.3 Å². The highest BCUT2D eigenvalue weighted by Gasteiger charge is 2.19. The maximum Gasteiger partial charge on any atom is 0.277 e. The molecule has 29 heavy (non-hydrogen) atoms. The first-order valence-electron chi connectivity index (χ1n) is 8.95. The number of amides is 2. The van der Waals surface area contributed by atoms with Gasteiger partial charge in [0.25, 0.3) is 17.0 Å². The fraction of sp³-hybridized carbons (Fsp3) is 0.200. The predicted molar refractivity (Wildman–Crippen MR) is 108 cm³/mol. The molecular weight excluding hydrogens is 392 g/mol. The lowest BCUT2D eigenvalue weighted by Gasteiger charge is -2.10. The highest BCUT2D eigenvalue weighted by atomic mass is 32.2. The molecule has 3 aromatic rings. The third-order valence-corrected chi connectivity index (χ3v) is 4.74. The van der Waals surface area contributed by atoms with Crippen molar-refractivity contribution in [1.29, 1.82) is 0 Å². The lowest BCUT2D eigenvalue weighted by Crippen LogP contribution is -2.44. The summed E-state index contributed by atoms with van der Waals surface area (Å²) in [5.41, 5.74) is 5.98. The van der Waals surface area contributed by atoms with Crippen LogP contribution in [0.3, 0.4) is 0 Å². The number of nitrogens with zero attached hydrogens (tertiary/aromatic N) is 2. The third-order valence-electron chi connectivity index (χ3n) is 3.80. The Morgan fingerprint density at radius 3 is 2.48 bits per heavy atom. The van der Waals surface area contributed by atoms with E-state index in [-0.39, 0.29) is 11.1 Å². The molecule has 8 nitrogen and oxygen atoms in total. The van der Waals surface area contributed by atoms with Gasteiger partial charge in [-0.2, -0.15) is 0 Å². The van der Waals surface area contributed by atoms with Gasteiger partial charge in [0.1, 0.15) is 5.75 Å². The third kappa shape index (κ3) is 5.58. The second-order valence-electron chi connectivity index (χ2n) is 5.90. The zero-order valence-electron chi connectivity index (χ0n) is 15.9. The van der Waals surface area contributed by atoms with Crippen LogP contribution in [0.5, 0.6) is 5.75 Å². The number of carbonyl (C=O) groups is 2. The van der Waals surface area contributed by atoms with Crippen LogP contribution in [0.1, 0.15) is 24.2 Å². The van der Waals surface area contributed by atoms with E-state index >= 15 is 0 Å². The number of nitrogens with one attached hydrogen (secondary N) is 2. The van der Waals surface area contributed by atoms with Crippen molar-refractivity contribution in [2.75, 3.05) is 6.61 Å². The standard InChI is InChI=1S/C20H20N4O4S/c1-3-27-16-11-9-15(10-12-16)19-23-24-20(28-19)29-13(2)17(25)21-22-18(26)14-7-5-4-6-8-14/h4-13H,3H2,1-2H3,(H,21,25)(H,22,26)/t13-/m1/s1. The van der Waals surface area contributed by atoms with Gasteiger partial charge in [-0.3, -0.25) is 20.4 Å². The summed E-state index contributed by atoms with van der Waals surface area (Å²) >= 11 is 1.10. The Kier molecular flexibility index (Phi) is 6.85. The monoisotopic (exact) mass is 412 g/mol. The molecule has 150 valence electrons. The molecule has 0 bridgehead atoms. The van der Waals surface area contributed by atoms with Gasteiger partial charge in [-0.25, -0.2) is 0 Å². The molecule has 0 saturated heterocycles. The number of ether oxygens (including phenoxy) is 1. The molecule has 0 aliphatic carbocycles. The zero-order valence-corrected chi connectivity index (χ0v) is 16.7. The molecule has 0 unspecified atom stereocenters. The molecule has 2 amide bonds. The van der Waals surface area contributed by atoms with E-state index < -0.39 is 11.2 Å². The first-order valence-corrected chi connectivity index (χ1v) is 9.83. The van der Waals surface area contributed by atoms with Gasteiger partial charge in [0.05, 0.1) is 11.9 Å². The van der Waals surface area contributed by atoms with Crippen LogP contribution in [-0.4, -0.2) is 33.9 Å². The van der Waals surface area contributed by atoms with Crippen LogP contribution in [0.15, 0.2) is 64.2 Å². The molecular formula is C20H20N4O4S. The summed E-state index contributed by atoms with van der Waals surface area (Å²) in [7, 11) is 0. The van der Waals surface area contributed by atoms with Crippen molar-refractivity contribution in [3.8, 4) is 17.2 Å². The lowest BCUT2D eigenvalue weighted by molar-refractivity contribution is -0.121. The SMILES string of the molecule is CCOc1ccc(-c2nnc(S[C@H](C)C(=O)NNC(=O)c3ccccc3)o2)cc1. The van der Waals surface area contributed by atoms with Gasteiger partial charge in [-0.15, -0.1) is 10.2 Å². The average molecular weight is 412 g/mol. The molecule has 1 heterocycles. The van der Waals surface area contributed by atoms with E-state index in [0.717, 1.165) is 23.1 Å². The van der Waals surface area contributed by atoms with Crippen LogP contribution in [0, 0.1) is 0 Å². The molecule has 1 atom stereocenters. The predicted octanol–water partition coefficient (Wildman–Crippen LogP) is 3.08. The summed E-state index contributed by atoms with van der Waals surface area (Å²) in [6.07, 6.45) is 0. The van der Waals surface area contributed by atoms with Crippen LogP contribution in [0.2, 0.25) is 0 Å². The Hall–Kier alpha value is -3.33. The molecule has 0 spiro atoms. The Morgan fingerprint density at radius 2 is 1.79 bits per heavy atom. The first kappa shape index (κ1) is 20.4. The van der Waals surface area contributed by atoms with Crippen LogP contribution in [0.25, 0.3) is 11.5 Å². The van der Waals surface area contributed by atoms with E-state index in [1.165, 1.54) is 0 Å². The van der Waals surface area contributed by atoms with Crippen molar-refractivity contribution in [3.63, 3.8) is 0 Å².